The van der Waals surface area contributed by atoms with E-state index in [2.05, 4.69) is 26.6 Å². The summed E-state index contributed by atoms with van der Waals surface area (Å²) >= 11 is 0. The van der Waals surface area contributed by atoms with Crippen molar-refractivity contribution in [1.82, 2.24) is 15.2 Å². The van der Waals surface area contributed by atoms with Crippen LogP contribution in [0.15, 0.2) is 53.5 Å². The molecule has 0 amide bonds. The van der Waals surface area contributed by atoms with E-state index in [-0.39, 0.29) is 5.56 Å². The van der Waals surface area contributed by atoms with Gasteiger partial charge in [0.25, 0.3) is 5.56 Å². The van der Waals surface area contributed by atoms with Crippen LogP contribution in [0.3, 0.4) is 0 Å². The van der Waals surface area contributed by atoms with Crippen LogP contribution in [-0.4, -0.2) is 15.2 Å². The maximum absolute atomic E-state index is 12.2. The number of pyridine rings is 1. The molecule has 4 rings (SSSR count). The van der Waals surface area contributed by atoms with Gasteiger partial charge in [-0.15, -0.1) is 0 Å². The smallest absolute Gasteiger partial charge is 0.253 e. The van der Waals surface area contributed by atoms with Crippen LogP contribution in [0.1, 0.15) is 11.1 Å². The Morgan fingerprint density at radius 2 is 1.91 bits per heavy atom. The maximum Gasteiger partial charge on any atom is 0.253 e. The molecule has 0 unspecified atom stereocenters. The van der Waals surface area contributed by atoms with E-state index in [4.69, 9.17) is 0 Å². The number of fused-ring (bicyclic) bond motifs is 2. The van der Waals surface area contributed by atoms with Gasteiger partial charge in [-0.2, -0.15) is 5.10 Å². The number of aromatic amines is 2. The van der Waals surface area contributed by atoms with E-state index in [1.54, 1.807) is 6.20 Å². The van der Waals surface area contributed by atoms with Crippen LogP contribution in [0.5, 0.6) is 0 Å². The van der Waals surface area contributed by atoms with Crippen LogP contribution < -0.4 is 10.9 Å². The van der Waals surface area contributed by atoms with Gasteiger partial charge in [0.05, 0.1) is 11.7 Å². The van der Waals surface area contributed by atoms with Crippen molar-refractivity contribution in [2.45, 2.75) is 13.5 Å². The SMILES string of the molecule is Cc1ccc2[nH]c(=O)c(CNc3ccc4[nH]ncc4c3)cc2c1. The van der Waals surface area contributed by atoms with Crippen molar-refractivity contribution in [2.75, 3.05) is 5.32 Å². The Kier molecular flexibility index (Phi) is 3.12. The third kappa shape index (κ3) is 2.57. The first kappa shape index (κ1) is 13.6. The first-order valence-corrected chi connectivity index (χ1v) is 7.49. The molecular formula is C18H16N4O. The van der Waals surface area contributed by atoms with Crippen LogP contribution >= 0.6 is 0 Å². The first-order chi connectivity index (χ1) is 11.2. The van der Waals surface area contributed by atoms with Crippen LogP contribution in [0.4, 0.5) is 5.69 Å². The van der Waals surface area contributed by atoms with E-state index >= 15 is 0 Å². The molecule has 4 aromatic rings. The van der Waals surface area contributed by atoms with Gasteiger partial charge in [-0.05, 0) is 48.7 Å². The second-order valence-electron chi connectivity index (χ2n) is 5.74. The molecule has 0 saturated carbocycles. The quantitative estimate of drug-likeness (QED) is 0.543. The average molecular weight is 304 g/mol. The highest BCUT2D eigenvalue weighted by Crippen LogP contribution is 2.18. The number of nitrogens with zero attached hydrogens (tertiary/aromatic N) is 1. The van der Waals surface area contributed by atoms with Gasteiger partial charge in [-0.1, -0.05) is 11.6 Å². The fourth-order valence-corrected chi connectivity index (χ4v) is 2.75. The standard InChI is InChI=1S/C18H16N4O/c1-11-2-4-16-12(6-11)7-14(18(23)21-16)9-19-15-3-5-17-13(8-15)10-20-22-17/h2-8,10,19H,9H2,1H3,(H,20,22)(H,21,23). The summed E-state index contributed by atoms with van der Waals surface area (Å²) < 4.78 is 0. The summed E-state index contributed by atoms with van der Waals surface area (Å²) in [6.07, 6.45) is 1.78. The summed E-state index contributed by atoms with van der Waals surface area (Å²) in [7, 11) is 0. The third-order valence-corrected chi connectivity index (χ3v) is 4.00. The largest absolute Gasteiger partial charge is 0.381 e. The minimum atomic E-state index is -0.0572. The zero-order valence-electron chi connectivity index (χ0n) is 12.7. The number of H-pyrrole nitrogens is 2. The number of aryl methyl sites for hydroxylation is 1. The molecule has 114 valence electrons. The van der Waals surface area contributed by atoms with Crippen LogP contribution in [0.2, 0.25) is 0 Å². The van der Waals surface area contributed by atoms with Crippen molar-refractivity contribution in [2.24, 2.45) is 0 Å². The molecule has 2 heterocycles. The van der Waals surface area contributed by atoms with Gasteiger partial charge in [0.1, 0.15) is 0 Å². The Bertz CT molecular complexity index is 1060. The molecule has 2 aromatic carbocycles. The van der Waals surface area contributed by atoms with Gasteiger partial charge in [0.2, 0.25) is 0 Å². The van der Waals surface area contributed by atoms with Crippen molar-refractivity contribution in [3.8, 4) is 0 Å². The molecule has 0 aliphatic heterocycles. The molecule has 0 aliphatic rings. The van der Waals surface area contributed by atoms with E-state index in [1.165, 1.54) is 5.56 Å². The third-order valence-electron chi connectivity index (χ3n) is 4.00. The van der Waals surface area contributed by atoms with E-state index in [0.29, 0.717) is 6.54 Å². The molecule has 2 aromatic heterocycles. The Hall–Kier alpha value is -3.08. The number of anilines is 1. The van der Waals surface area contributed by atoms with E-state index in [1.807, 2.05) is 43.3 Å². The lowest BCUT2D eigenvalue weighted by Gasteiger charge is -2.08. The normalized spacial score (nSPS) is 11.2. The van der Waals surface area contributed by atoms with Gasteiger partial charge in [-0.3, -0.25) is 9.89 Å². The lowest BCUT2D eigenvalue weighted by molar-refractivity contribution is 1.09. The van der Waals surface area contributed by atoms with Gasteiger partial charge in [0, 0.05) is 28.7 Å². The molecule has 0 radical (unpaired) electrons. The van der Waals surface area contributed by atoms with E-state index in [0.717, 1.165) is 33.1 Å². The number of nitrogens with one attached hydrogen (secondary N) is 3. The predicted octanol–water partition coefficient (Wildman–Crippen LogP) is 3.32. The number of hydrogen-bond acceptors (Lipinski definition) is 3. The molecule has 0 aliphatic carbocycles. The average Bonchev–Trinajstić information content (AvgIpc) is 3.01. The topological polar surface area (TPSA) is 73.6 Å². The minimum Gasteiger partial charge on any atom is -0.381 e. The van der Waals surface area contributed by atoms with Crippen molar-refractivity contribution < 1.29 is 0 Å². The molecule has 0 spiro atoms. The Balaban J connectivity index is 1.63. The van der Waals surface area contributed by atoms with Gasteiger partial charge in [-0.25, -0.2) is 0 Å². The number of hydrogen-bond donors (Lipinski definition) is 3. The lowest BCUT2D eigenvalue weighted by Crippen LogP contribution is -2.15. The molecule has 0 fully saturated rings. The summed E-state index contributed by atoms with van der Waals surface area (Å²) in [5, 5.41) is 12.3. The Morgan fingerprint density at radius 3 is 2.83 bits per heavy atom. The fourth-order valence-electron chi connectivity index (χ4n) is 2.75. The first-order valence-electron chi connectivity index (χ1n) is 7.49. The van der Waals surface area contributed by atoms with Crippen molar-refractivity contribution in [1.29, 1.82) is 0 Å². The Labute approximate surface area is 132 Å². The zero-order valence-corrected chi connectivity index (χ0v) is 12.7. The Morgan fingerprint density at radius 1 is 1.04 bits per heavy atom. The minimum absolute atomic E-state index is 0.0572. The molecule has 5 heteroatoms. The molecule has 5 nitrogen and oxygen atoms in total. The van der Waals surface area contributed by atoms with E-state index < -0.39 is 0 Å². The van der Waals surface area contributed by atoms with Crippen LogP contribution in [-0.2, 0) is 6.54 Å². The fraction of sp³-hybridized carbons (Fsp3) is 0.111. The molecule has 0 atom stereocenters. The molecule has 3 N–H and O–H groups in total. The summed E-state index contributed by atoms with van der Waals surface area (Å²) in [6, 6.07) is 13.9. The van der Waals surface area contributed by atoms with Crippen molar-refractivity contribution >= 4 is 27.5 Å². The zero-order chi connectivity index (χ0) is 15.8. The second kappa shape index (κ2) is 5.28. The highest BCUT2D eigenvalue weighted by Gasteiger charge is 2.04. The highest BCUT2D eigenvalue weighted by molar-refractivity contribution is 5.82. The van der Waals surface area contributed by atoms with Gasteiger partial charge >= 0.3 is 0 Å². The van der Waals surface area contributed by atoms with Crippen molar-refractivity contribution in [3.63, 3.8) is 0 Å². The molecular weight excluding hydrogens is 288 g/mol. The summed E-state index contributed by atoms with van der Waals surface area (Å²) in [4.78, 5) is 15.1. The van der Waals surface area contributed by atoms with Crippen molar-refractivity contribution in [3.05, 3.63) is 70.1 Å². The van der Waals surface area contributed by atoms with Crippen LogP contribution in [0.25, 0.3) is 21.8 Å². The number of aromatic nitrogens is 3. The number of rotatable bonds is 3. The summed E-state index contributed by atoms with van der Waals surface area (Å²) in [5.41, 5.74) is 4.66. The molecule has 0 saturated heterocycles. The van der Waals surface area contributed by atoms with Gasteiger partial charge < -0.3 is 10.3 Å². The summed E-state index contributed by atoms with van der Waals surface area (Å²) in [5.74, 6) is 0. The van der Waals surface area contributed by atoms with Crippen LogP contribution in [0, 0.1) is 6.92 Å². The van der Waals surface area contributed by atoms with E-state index in [9.17, 15) is 4.79 Å². The predicted molar refractivity (Wildman–Crippen MR) is 92.7 cm³/mol. The van der Waals surface area contributed by atoms with Gasteiger partial charge in [0.15, 0.2) is 0 Å². The monoisotopic (exact) mass is 304 g/mol. The number of benzene rings is 2. The molecule has 0 bridgehead atoms. The highest BCUT2D eigenvalue weighted by atomic mass is 16.1. The summed E-state index contributed by atoms with van der Waals surface area (Å²) in [6.45, 7) is 2.52. The lowest BCUT2D eigenvalue weighted by atomic mass is 10.1. The second-order valence-corrected chi connectivity index (χ2v) is 5.74. The molecule has 23 heavy (non-hydrogen) atoms. The maximum atomic E-state index is 12.2.